The van der Waals surface area contributed by atoms with Gasteiger partial charge in [0, 0.05) is 28.5 Å². The largest absolute Gasteiger partial charge is 0.302 e. The average molecular weight is 411 g/mol. The number of ketones is 1. The first kappa shape index (κ1) is 20.3. The van der Waals surface area contributed by atoms with Gasteiger partial charge in [0.05, 0.1) is 0 Å². The van der Waals surface area contributed by atoms with E-state index in [9.17, 15) is 9.59 Å². The van der Waals surface area contributed by atoms with E-state index in [4.69, 9.17) is 0 Å². The van der Waals surface area contributed by atoms with Crippen LogP contribution in [0.25, 0.3) is 0 Å². The van der Waals surface area contributed by atoms with Crippen LogP contribution in [0.15, 0.2) is 24.4 Å². The number of fused-ring (bicyclic) bond motifs is 1. The molecule has 1 amide bonds. The number of carbonyl (C=O) groups is 2. The van der Waals surface area contributed by atoms with Crippen molar-refractivity contribution >= 4 is 28.2 Å². The van der Waals surface area contributed by atoms with Gasteiger partial charge in [0.15, 0.2) is 10.9 Å². The van der Waals surface area contributed by atoms with E-state index in [1.165, 1.54) is 22.5 Å². The lowest BCUT2D eigenvalue weighted by Gasteiger charge is -2.29. The van der Waals surface area contributed by atoms with Gasteiger partial charge in [-0.3, -0.25) is 9.59 Å². The summed E-state index contributed by atoms with van der Waals surface area (Å²) in [5.74, 6) is 1.23. The van der Waals surface area contributed by atoms with Gasteiger partial charge in [-0.15, -0.1) is 11.3 Å². The summed E-state index contributed by atoms with van der Waals surface area (Å²) in [5.41, 5.74) is 3.47. The summed E-state index contributed by atoms with van der Waals surface area (Å²) in [6.45, 7) is 4.11. The number of anilines is 1. The number of nitrogens with zero attached hydrogens (tertiary/aromatic N) is 1. The van der Waals surface area contributed by atoms with E-state index in [-0.39, 0.29) is 17.7 Å². The number of benzene rings is 1. The third-order valence-corrected chi connectivity index (χ3v) is 7.54. The Morgan fingerprint density at radius 3 is 2.69 bits per heavy atom. The third-order valence-electron chi connectivity index (χ3n) is 6.71. The zero-order chi connectivity index (χ0) is 20.4. The predicted octanol–water partition coefficient (Wildman–Crippen LogP) is 5.73. The lowest BCUT2D eigenvalue weighted by atomic mass is 9.76. The molecule has 0 aliphatic heterocycles. The summed E-state index contributed by atoms with van der Waals surface area (Å²) in [7, 11) is 0. The average Bonchev–Trinajstić information content (AvgIpc) is 3.05. The molecule has 5 heteroatoms. The van der Waals surface area contributed by atoms with Crippen LogP contribution in [0.1, 0.15) is 71.3 Å². The molecule has 0 saturated heterocycles. The fourth-order valence-electron chi connectivity index (χ4n) is 5.05. The zero-order valence-corrected chi connectivity index (χ0v) is 18.2. The Bertz CT molecular complexity index is 896. The minimum Gasteiger partial charge on any atom is -0.302 e. The second-order valence-corrected chi connectivity index (χ2v) is 10.0. The second-order valence-electron chi connectivity index (χ2n) is 8.77. The van der Waals surface area contributed by atoms with E-state index in [2.05, 4.69) is 23.3 Å². The van der Waals surface area contributed by atoms with Gasteiger partial charge in [0.1, 0.15) is 0 Å². The van der Waals surface area contributed by atoms with Crippen molar-refractivity contribution in [2.75, 3.05) is 5.32 Å². The molecule has 0 bridgehead atoms. The van der Waals surface area contributed by atoms with Gasteiger partial charge in [-0.05, 0) is 82.3 Å². The molecule has 2 aromatic rings. The molecule has 154 valence electrons. The molecule has 4 rings (SSSR count). The van der Waals surface area contributed by atoms with Gasteiger partial charge >= 0.3 is 0 Å². The molecule has 1 aromatic carbocycles. The second kappa shape index (κ2) is 8.78. The standard InChI is InChI=1S/C24H30N2O2S/c1-15-5-3-8-21-20(15)7-4-6-19(22(21)27)13-17-9-11-18(12-10-17)23(28)26-24-25-14-16(2)29-24/h3,5,8,14,17-19H,4,6-7,9-13H2,1-2H3,(H,25,26,28). The lowest BCUT2D eigenvalue weighted by Crippen LogP contribution is -2.28. The molecular formula is C24H30N2O2S. The summed E-state index contributed by atoms with van der Waals surface area (Å²) in [6, 6.07) is 6.15. The van der Waals surface area contributed by atoms with Gasteiger partial charge in [0.2, 0.25) is 5.91 Å². The highest BCUT2D eigenvalue weighted by Crippen LogP contribution is 2.37. The fraction of sp³-hybridized carbons (Fsp3) is 0.542. The molecule has 1 unspecified atom stereocenters. The molecule has 1 heterocycles. The van der Waals surface area contributed by atoms with Crippen LogP contribution >= 0.6 is 11.3 Å². The molecule has 4 nitrogen and oxygen atoms in total. The number of hydrogen-bond donors (Lipinski definition) is 1. The Labute approximate surface area is 177 Å². The van der Waals surface area contributed by atoms with E-state index >= 15 is 0 Å². The SMILES string of the molecule is Cc1cnc(NC(=O)C2CCC(CC3CCCc4c(C)cccc4C3=O)CC2)s1. The number of nitrogens with one attached hydrogen (secondary N) is 1. The number of aryl methyl sites for hydroxylation is 2. The van der Waals surface area contributed by atoms with Crippen LogP contribution in [0.3, 0.4) is 0 Å². The molecule has 0 radical (unpaired) electrons. The number of aromatic nitrogens is 1. The highest BCUT2D eigenvalue weighted by atomic mass is 32.1. The summed E-state index contributed by atoms with van der Waals surface area (Å²) < 4.78 is 0. The van der Waals surface area contributed by atoms with Crippen LogP contribution in [0, 0.1) is 31.6 Å². The monoisotopic (exact) mass is 410 g/mol. The van der Waals surface area contributed by atoms with Crippen LogP contribution in [0.2, 0.25) is 0 Å². The Hall–Kier alpha value is -2.01. The number of carbonyl (C=O) groups excluding carboxylic acids is 2. The molecule has 1 N–H and O–H groups in total. The fourth-order valence-corrected chi connectivity index (χ4v) is 5.72. The number of rotatable bonds is 4. The van der Waals surface area contributed by atoms with E-state index in [1.54, 1.807) is 6.20 Å². The molecular weight excluding hydrogens is 380 g/mol. The van der Waals surface area contributed by atoms with Gasteiger partial charge in [-0.1, -0.05) is 18.2 Å². The minimum absolute atomic E-state index is 0.0728. The normalized spacial score (nSPS) is 24.6. The summed E-state index contributed by atoms with van der Waals surface area (Å²) >= 11 is 1.52. The summed E-state index contributed by atoms with van der Waals surface area (Å²) in [4.78, 5) is 31.1. The quantitative estimate of drug-likeness (QED) is 0.655. The number of thiazole rings is 1. The molecule has 2 aliphatic rings. The molecule has 1 fully saturated rings. The van der Waals surface area contributed by atoms with Crippen molar-refractivity contribution in [3.63, 3.8) is 0 Å². The first-order chi connectivity index (χ1) is 14.0. The van der Waals surface area contributed by atoms with E-state index < -0.39 is 0 Å². The molecule has 1 atom stereocenters. The van der Waals surface area contributed by atoms with Gasteiger partial charge in [-0.25, -0.2) is 4.98 Å². The topological polar surface area (TPSA) is 59.1 Å². The van der Waals surface area contributed by atoms with Crippen molar-refractivity contribution < 1.29 is 9.59 Å². The van der Waals surface area contributed by atoms with Crippen LogP contribution in [-0.4, -0.2) is 16.7 Å². The molecule has 0 spiro atoms. The number of amides is 1. The van der Waals surface area contributed by atoms with E-state index in [1.807, 2.05) is 19.1 Å². The maximum atomic E-state index is 13.2. The minimum atomic E-state index is 0.0728. The Balaban J connectivity index is 1.32. The zero-order valence-electron chi connectivity index (χ0n) is 17.4. The Morgan fingerprint density at radius 1 is 1.17 bits per heavy atom. The number of Topliss-reactive ketones (excluding diaryl/α,β-unsaturated/α-hetero) is 1. The van der Waals surface area contributed by atoms with Crippen molar-refractivity contribution in [1.82, 2.24) is 4.98 Å². The highest BCUT2D eigenvalue weighted by Gasteiger charge is 2.32. The van der Waals surface area contributed by atoms with E-state index in [0.29, 0.717) is 16.8 Å². The third kappa shape index (κ3) is 4.61. The van der Waals surface area contributed by atoms with Crippen molar-refractivity contribution in [1.29, 1.82) is 0 Å². The maximum Gasteiger partial charge on any atom is 0.229 e. The maximum absolute atomic E-state index is 13.2. The van der Waals surface area contributed by atoms with Crippen molar-refractivity contribution in [3.8, 4) is 0 Å². The predicted molar refractivity (Wildman–Crippen MR) is 117 cm³/mol. The molecule has 1 aromatic heterocycles. The van der Waals surface area contributed by atoms with Crippen molar-refractivity contribution in [3.05, 3.63) is 46.0 Å². The van der Waals surface area contributed by atoms with Crippen LogP contribution < -0.4 is 5.32 Å². The van der Waals surface area contributed by atoms with Gasteiger partial charge < -0.3 is 5.32 Å². The number of hydrogen-bond acceptors (Lipinski definition) is 4. The molecule has 1 saturated carbocycles. The van der Waals surface area contributed by atoms with Crippen LogP contribution in [-0.2, 0) is 11.2 Å². The molecule has 2 aliphatic carbocycles. The summed E-state index contributed by atoms with van der Waals surface area (Å²) in [5, 5.41) is 3.68. The summed E-state index contributed by atoms with van der Waals surface area (Å²) in [6.07, 6.45) is 9.80. The van der Waals surface area contributed by atoms with Crippen molar-refractivity contribution in [2.24, 2.45) is 17.8 Å². The Kier molecular flexibility index (Phi) is 6.14. The molecule has 29 heavy (non-hydrogen) atoms. The van der Waals surface area contributed by atoms with Gasteiger partial charge in [0.25, 0.3) is 0 Å². The van der Waals surface area contributed by atoms with Gasteiger partial charge in [-0.2, -0.15) is 0 Å². The smallest absolute Gasteiger partial charge is 0.229 e. The lowest BCUT2D eigenvalue weighted by molar-refractivity contribution is -0.121. The highest BCUT2D eigenvalue weighted by molar-refractivity contribution is 7.15. The van der Waals surface area contributed by atoms with Crippen LogP contribution in [0.4, 0.5) is 5.13 Å². The van der Waals surface area contributed by atoms with Crippen molar-refractivity contribution in [2.45, 2.75) is 65.2 Å². The first-order valence-electron chi connectivity index (χ1n) is 10.9. The first-order valence-corrected chi connectivity index (χ1v) is 11.7. The van der Waals surface area contributed by atoms with Crippen LogP contribution in [0.5, 0.6) is 0 Å². The Morgan fingerprint density at radius 2 is 1.97 bits per heavy atom. The van der Waals surface area contributed by atoms with E-state index in [0.717, 1.165) is 61.8 Å².